The van der Waals surface area contributed by atoms with Crippen LogP contribution in [0.2, 0.25) is 0 Å². The van der Waals surface area contributed by atoms with Crippen molar-refractivity contribution in [3.8, 4) is 5.75 Å². The minimum atomic E-state index is -0.935. The highest BCUT2D eigenvalue weighted by Crippen LogP contribution is 2.27. The molecule has 0 radical (unpaired) electrons. The fraction of sp³-hybridized carbons (Fsp3) is 0.333. The van der Waals surface area contributed by atoms with Gasteiger partial charge in [-0.3, -0.25) is 9.59 Å². The third kappa shape index (κ3) is 4.32. The number of piperidine rings is 1. The van der Waals surface area contributed by atoms with E-state index in [-0.39, 0.29) is 12.3 Å². The van der Waals surface area contributed by atoms with Crippen LogP contribution in [0.5, 0.6) is 5.75 Å². The average molecular weight is 407 g/mol. The van der Waals surface area contributed by atoms with Crippen molar-refractivity contribution in [2.45, 2.75) is 31.8 Å². The Hall–Kier alpha value is -3.28. The van der Waals surface area contributed by atoms with Crippen molar-refractivity contribution in [1.29, 1.82) is 0 Å². The highest BCUT2D eigenvalue weighted by atomic mass is 16.5. The molecule has 0 bridgehead atoms. The zero-order valence-corrected chi connectivity index (χ0v) is 17.0. The summed E-state index contributed by atoms with van der Waals surface area (Å²) in [5.41, 5.74) is 2.04. The fourth-order valence-electron chi connectivity index (χ4n) is 3.83. The van der Waals surface area contributed by atoms with E-state index in [4.69, 9.17) is 13.9 Å². The molecule has 1 fully saturated rings. The molecule has 30 heavy (non-hydrogen) atoms. The molecule has 6 heteroatoms. The van der Waals surface area contributed by atoms with Crippen molar-refractivity contribution in [2.24, 2.45) is 0 Å². The molecule has 4 rings (SSSR count). The summed E-state index contributed by atoms with van der Waals surface area (Å²) in [6.07, 6.45) is 3.72. The average Bonchev–Trinajstić information content (AvgIpc) is 3.20. The maximum Gasteiger partial charge on any atom is 0.311 e. The molecule has 1 aliphatic heterocycles. The highest BCUT2D eigenvalue weighted by Gasteiger charge is 2.30. The Kier molecular flexibility index (Phi) is 6.02. The van der Waals surface area contributed by atoms with E-state index in [9.17, 15) is 9.59 Å². The van der Waals surface area contributed by atoms with Gasteiger partial charge in [0.15, 0.2) is 0 Å². The second-order valence-electron chi connectivity index (χ2n) is 7.47. The van der Waals surface area contributed by atoms with Crippen LogP contribution < -0.4 is 4.74 Å². The summed E-state index contributed by atoms with van der Waals surface area (Å²) in [6.45, 7) is 1.40. The zero-order valence-electron chi connectivity index (χ0n) is 17.0. The van der Waals surface area contributed by atoms with E-state index in [0.717, 1.165) is 30.2 Å². The van der Waals surface area contributed by atoms with E-state index < -0.39 is 12.1 Å². The number of fused-ring (bicyclic) bond motifs is 1. The van der Waals surface area contributed by atoms with Crippen LogP contribution in [-0.4, -0.2) is 37.0 Å². The molecule has 1 amide bonds. The van der Waals surface area contributed by atoms with Gasteiger partial charge >= 0.3 is 5.97 Å². The van der Waals surface area contributed by atoms with Gasteiger partial charge in [0, 0.05) is 35.7 Å². The summed E-state index contributed by atoms with van der Waals surface area (Å²) in [5.74, 6) is 0.0611. The predicted octanol–water partition coefficient (Wildman–Crippen LogP) is 4.28. The number of benzene rings is 2. The molecule has 2 heterocycles. The number of amides is 1. The quantitative estimate of drug-likeness (QED) is 0.571. The van der Waals surface area contributed by atoms with Crippen LogP contribution in [0.25, 0.3) is 11.0 Å². The van der Waals surface area contributed by atoms with Crippen LogP contribution in [0.1, 0.15) is 36.5 Å². The van der Waals surface area contributed by atoms with E-state index >= 15 is 0 Å². The number of hydrogen-bond acceptors (Lipinski definition) is 5. The Morgan fingerprint density at radius 1 is 1.07 bits per heavy atom. The lowest BCUT2D eigenvalue weighted by molar-refractivity contribution is -0.160. The maximum atomic E-state index is 13.1. The molecule has 1 unspecified atom stereocenters. The standard InChI is InChI=1S/C24H25NO5/c1-28-19-10-11-20-18(16-29-21(20)15-19)14-22(26)30-23(17-8-4-2-5-9-17)24(27)25-12-6-3-7-13-25/h2,4-5,8-11,15-16,23H,3,6-7,12-14H2,1H3. The molecule has 0 N–H and O–H groups in total. The number of ether oxygens (including phenoxy) is 2. The number of rotatable bonds is 6. The SMILES string of the molecule is COc1ccc2c(CC(=O)OC(C(=O)N3CCCCC3)c3ccccc3)coc2c1. The van der Waals surface area contributed by atoms with Crippen molar-refractivity contribution < 1.29 is 23.5 Å². The Morgan fingerprint density at radius 3 is 2.57 bits per heavy atom. The number of carbonyl (C=O) groups is 2. The monoisotopic (exact) mass is 407 g/mol. The van der Waals surface area contributed by atoms with Crippen molar-refractivity contribution >= 4 is 22.8 Å². The summed E-state index contributed by atoms with van der Waals surface area (Å²) in [5, 5.41) is 0.825. The first-order valence-electron chi connectivity index (χ1n) is 10.2. The smallest absolute Gasteiger partial charge is 0.311 e. The molecule has 1 saturated heterocycles. The lowest BCUT2D eigenvalue weighted by atomic mass is 10.1. The molecular weight excluding hydrogens is 382 g/mol. The summed E-state index contributed by atoms with van der Waals surface area (Å²) in [4.78, 5) is 27.7. The molecule has 0 spiro atoms. The summed E-state index contributed by atoms with van der Waals surface area (Å²) < 4.78 is 16.5. The normalized spacial score (nSPS) is 15.0. The zero-order chi connectivity index (χ0) is 20.9. The largest absolute Gasteiger partial charge is 0.497 e. The fourth-order valence-corrected chi connectivity index (χ4v) is 3.83. The number of hydrogen-bond donors (Lipinski definition) is 0. The first-order valence-corrected chi connectivity index (χ1v) is 10.2. The van der Waals surface area contributed by atoms with Crippen LogP contribution in [0.15, 0.2) is 59.2 Å². The van der Waals surface area contributed by atoms with Gasteiger partial charge in [-0.1, -0.05) is 30.3 Å². The van der Waals surface area contributed by atoms with Crippen molar-refractivity contribution in [1.82, 2.24) is 4.90 Å². The molecule has 1 aromatic heterocycles. The van der Waals surface area contributed by atoms with E-state index in [2.05, 4.69) is 0 Å². The number of methoxy groups -OCH3 is 1. The lowest BCUT2D eigenvalue weighted by Crippen LogP contribution is -2.40. The summed E-state index contributed by atoms with van der Waals surface area (Å²) in [7, 11) is 1.59. The molecule has 2 aromatic carbocycles. The topological polar surface area (TPSA) is 69.0 Å². The second-order valence-corrected chi connectivity index (χ2v) is 7.47. The number of nitrogens with zero attached hydrogens (tertiary/aromatic N) is 1. The minimum absolute atomic E-state index is 0.0238. The third-order valence-electron chi connectivity index (χ3n) is 5.44. The second kappa shape index (κ2) is 9.03. The van der Waals surface area contributed by atoms with Crippen molar-refractivity contribution in [3.63, 3.8) is 0 Å². The number of furan rings is 1. The van der Waals surface area contributed by atoms with Crippen molar-refractivity contribution in [3.05, 3.63) is 65.9 Å². The van der Waals surface area contributed by atoms with Crippen LogP contribution in [0.3, 0.4) is 0 Å². The van der Waals surface area contributed by atoms with Gasteiger partial charge < -0.3 is 18.8 Å². The van der Waals surface area contributed by atoms with Gasteiger partial charge in [0.2, 0.25) is 6.10 Å². The van der Waals surface area contributed by atoms with E-state index in [1.54, 1.807) is 24.3 Å². The van der Waals surface area contributed by atoms with Crippen molar-refractivity contribution in [2.75, 3.05) is 20.2 Å². The maximum absolute atomic E-state index is 13.1. The van der Waals surface area contributed by atoms with Gasteiger partial charge in [-0.2, -0.15) is 0 Å². The predicted molar refractivity (Wildman–Crippen MR) is 112 cm³/mol. The van der Waals surface area contributed by atoms with Gasteiger partial charge in [0.1, 0.15) is 11.3 Å². The van der Waals surface area contributed by atoms with E-state index in [1.165, 1.54) is 0 Å². The van der Waals surface area contributed by atoms with Crippen LogP contribution in [-0.2, 0) is 20.7 Å². The molecule has 0 aliphatic carbocycles. The third-order valence-corrected chi connectivity index (χ3v) is 5.44. The number of carbonyl (C=O) groups excluding carboxylic acids is 2. The molecule has 6 nitrogen and oxygen atoms in total. The van der Waals surface area contributed by atoms with Gasteiger partial charge in [-0.05, 0) is 31.4 Å². The van der Waals surface area contributed by atoms with E-state index in [1.807, 2.05) is 42.5 Å². The lowest BCUT2D eigenvalue weighted by Gasteiger charge is -2.30. The van der Waals surface area contributed by atoms with E-state index in [0.29, 0.717) is 30.0 Å². The Morgan fingerprint density at radius 2 is 1.83 bits per heavy atom. The minimum Gasteiger partial charge on any atom is -0.497 e. The molecular formula is C24H25NO5. The van der Waals surface area contributed by atoms with Gasteiger partial charge in [0.25, 0.3) is 5.91 Å². The summed E-state index contributed by atoms with van der Waals surface area (Å²) >= 11 is 0. The molecule has 0 saturated carbocycles. The first kappa shape index (κ1) is 20.0. The van der Waals surface area contributed by atoms with Gasteiger partial charge in [-0.15, -0.1) is 0 Å². The molecule has 1 atom stereocenters. The Balaban J connectivity index is 1.52. The van der Waals surface area contributed by atoms with Gasteiger partial charge in [0.05, 0.1) is 19.8 Å². The Labute approximate surface area is 175 Å². The number of esters is 1. The molecule has 156 valence electrons. The first-order chi connectivity index (χ1) is 14.7. The number of likely N-dealkylation sites (tertiary alicyclic amines) is 1. The van der Waals surface area contributed by atoms with Crippen LogP contribution >= 0.6 is 0 Å². The Bertz CT molecular complexity index is 1020. The molecule has 1 aliphatic rings. The van der Waals surface area contributed by atoms with Crippen LogP contribution in [0, 0.1) is 0 Å². The van der Waals surface area contributed by atoms with Crippen LogP contribution in [0.4, 0.5) is 0 Å². The summed E-state index contributed by atoms with van der Waals surface area (Å²) in [6, 6.07) is 14.6. The van der Waals surface area contributed by atoms with Gasteiger partial charge in [-0.25, -0.2) is 0 Å². The highest BCUT2D eigenvalue weighted by molar-refractivity contribution is 5.89. The molecule has 3 aromatic rings.